The zero-order valence-electron chi connectivity index (χ0n) is 18.9. The maximum Gasteiger partial charge on any atom is 0.276 e. The molecule has 0 spiro atoms. The van der Waals surface area contributed by atoms with Crippen LogP contribution in [0.4, 0.5) is 0 Å². The lowest BCUT2D eigenvalue weighted by atomic mass is 10.1. The van der Waals surface area contributed by atoms with Crippen molar-refractivity contribution in [3.05, 3.63) is 82.3 Å². The van der Waals surface area contributed by atoms with Gasteiger partial charge in [-0.3, -0.25) is 9.59 Å². The fourth-order valence-electron chi connectivity index (χ4n) is 4.68. The molecule has 1 unspecified atom stereocenters. The molecule has 35 heavy (non-hydrogen) atoms. The molecule has 1 N–H and O–H groups in total. The van der Waals surface area contributed by atoms with Crippen LogP contribution >= 0.6 is 11.6 Å². The number of hydrogen-bond acceptors (Lipinski definition) is 5. The number of piperazine rings is 1. The Labute approximate surface area is 206 Å². The van der Waals surface area contributed by atoms with Crippen molar-refractivity contribution in [3.63, 3.8) is 0 Å². The summed E-state index contributed by atoms with van der Waals surface area (Å²) >= 11 is 5.98. The largest absolute Gasteiger partial charge is 0.365 e. The smallest absolute Gasteiger partial charge is 0.276 e. The minimum Gasteiger partial charge on any atom is -0.365 e. The van der Waals surface area contributed by atoms with Crippen molar-refractivity contribution in [1.29, 1.82) is 0 Å². The van der Waals surface area contributed by atoms with Gasteiger partial charge < -0.3 is 19.5 Å². The highest BCUT2D eigenvalue weighted by molar-refractivity contribution is 6.30. The summed E-state index contributed by atoms with van der Waals surface area (Å²) in [7, 11) is 0. The van der Waals surface area contributed by atoms with Crippen molar-refractivity contribution in [2.75, 3.05) is 26.2 Å². The molecule has 9 nitrogen and oxygen atoms in total. The highest BCUT2D eigenvalue weighted by Crippen LogP contribution is 2.28. The summed E-state index contributed by atoms with van der Waals surface area (Å²) in [5.74, 6) is -0.242. The van der Waals surface area contributed by atoms with E-state index in [0.29, 0.717) is 54.8 Å². The van der Waals surface area contributed by atoms with Gasteiger partial charge in [-0.15, -0.1) is 5.10 Å². The predicted molar refractivity (Wildman–Crippen MR) is 129 cm³/mol. The minimum atomic E-state index is -0.183. The summed E-state index contributed by atoms with van der Waals surface area (Å²) in [5.41, 5.74) is 3.49. The fraction of sp³-hybridized carbons (Fsp3) is 0.280. The van der Waals surface area contributed by atoms with Gasteiger partial charge in [0.05, 0.1) is 18.8 Å². The third-order valence-corrected chi connectivity index (χ3v) is 6.91. The molecule has 4 heterocycles. The van der Waals surface area contributed by atoms with E-state index < -0.39 is 0 Å². The van der Waals surface area contributed by atoms with Gasteiger partial charge in [0.25, 0.3) is 11.8 Å². The lowest BCUT2D eigenvalue weighted by molar-refractivity contribution is -0.00202. The molecule has 10 heteroatoms. The molecule has 2 aromatic heterocycles. The molecular weight excluding hydrogens is 468 g/mol. The maximum absolute atomic E-state index is 13.2. The quantitative estimate of drug-likeness (QED) is 0.475. The Balaban J connectivity index is 1.10. The number of para-hydroxylation sites is 1. The topological polar surface area (TPSA) is 96.4 Å². The van der Waals surface area contributed by atoms with Gasteiger partial charge in [0.15, 0.2) is 5.69 Å². The summed E-state index contributed by atoms with van der Waals surface area (Å²) in [6.45, 7) is 2.51. The zero-order valence-corrected chi connectivity index (χ0v) is 19.6. The maximum atomic E-state index is 13.2. The molecule has 2 aromatic carbocycles. The zero-order chi connectivity index (χ0) is 23.9. The first-order valence-corrected chi connectivity index (χ1v) is 11.9. The van der Waals surface area contributed by atoms with Crippen LogP contribution in [0.3, 0.4) is 0 Å². The van der Waals surface area contributed by atoms with Crippen molar-refractivity contribution in [2.24, 2.45) is 0 Å². The number of fused-ring (bicyclic) bond motifs is 2. The standard InChI is InChI=1S/C25H23ClN6O3/c26-18-7-5-16(6-8-18)22-14-32-21(15-35-22)23(28-29-32)25(34)31-11-9-30(10-12-31)24(33)20-13-17-3-1-2-4-19(17)27-20/h1-8,13,22,27H,9-12,14-15H2. The molecule has 2 aliphatic heterocycles. The molecule has 1 fully saturated rings. The SMILES string of the molecule is O=C(c1cc2ccccc2[nH]1)N1CCN(C(=O)c2nnn3c2COC(c2ccc(Cl)cc2)C3)CC1. The van der Waals surface area contributed by atoms with E-state index >= 15 is 0 Å². The molecule has 0 bridgehead atoms. The van der Waals surface area contributed by atoms with Crippen LogP contribution in [-0.4, -0.2) is 67.8 Å². The third-order valence-electron chi connectivity index (χ3n) is 6.66. The van der Waals surface area contributed by atoms with E-state index in [1.165, 1.54) is 0 Å². The third kappa shape index (κ3) is 4.06. The van der Waals surface area contributed by atoms with Crippen molar-refractivity contribution in [1.82, 2.24) is 29.8 Å². The van der Waals surface area contributed by atoms with Gasteiger partial charge in [-0.25, -0.2) is 4.68 Å². The van der Waals surface area contributed by atoms with Gasteiger partial charge in [-0.1, -0.05) is 47.1 Å². The number of benzene rings is 2. The first-order valence-electron chi connectivity index (χ1n) is 11.5. The number of carbonyl (C=O) groups is 2. The first kappa shape index (κ1) is 21.8. The molecule has 2 aliphatic rings. The van der Waals surface area contributed by atoms with Gasteiger partial charge in [-0.2, -0.15) is 0 Å². The van der Waals surface area contributed by atoms with Gasteiger partial charge in [-0.05, 0) is 29.8 Å². The number of H-pyrrole nitrogens is 1. The van der Waals surface area contributed by atoms with E-state index in [-0.39, 0.29) is 24.5 Å². The summed E-state index contributed by atoms with van der Waals surface area (Å²) in [5, 5.41) is 10.1. The average molecular weight is 491 g/mol. The van der Waals surface area contributed by atoms with Crippen LogP contribution in [0.25, 0.3) is 10.9 Å². The van der Waals surface area contributed by atoms with E-state index in [1.54, 1.807) is 14.5 Å². The van der Waals surface area contributed by atoms with E-state index in [4.69, 9.17) is 16.3 Å². The Hall–Kier alpha value is -3.69. The molecule has 2 amide bonds. The number of halogens is 1. The number of hydrogen-bond donors (Lipinski definition) is 1. The number of ether oxygens (including phenoxy) is 1. The Bertz CT molecular complexity index is 1370. The Kier molecular flexibility index (Phi) is 5.50. The molecule has 6 rings (SSSR count). The van der Waals surface area contributed by atoms with Gasteiger partial charge in [0.2, 0.25) is 0 Å². The van der Waals surface area contributed by atoms with Crippen molar-refractivity contribution in [2.45, 2.75) is 19.3 Å². The number of aromatic nitrogens is 4. The number of nitrogens with one attached hydrogen (secondary N) is 1. The number of rotatable bonds is 3. The van der Waals surface area contributed by atoms with Crippen molar-refractivity contribution in [3.8, 4) is 0 Å². The van der Waals surface area contributed by atoms with Gasteiger partial charge >= 0.3 is 0 Å². The van der Waals surface area contributed by atoms with Gasteiger partial charge in [0.1, 0.15) is 11.8 Å². The Morgan fingerprint density at radius 2 is 1.69 bits per heavy atom. The number of aromatic amines is 1. The van der Waals surface area contributed by atoms with Crippen LogP contribution in [0.5, 0.6) is 0 Å². The van der Waals surface area contributed by atoms with Crippen LogP contribution in [0, 0.1) is 0 Å². The van der Waals surface area contributed by atoms with E-state index in [2.05, 4.69) is 15.3 Å². The minimum absolute atomic E-state index is 0.0593. The van der Waals surface area contributed by atoms with Crippen LogP contribution < -0.4 is 0 Å². The summed E-state index contributed by atoms with van der Waals surface area (Å²) in [6, 6.07) is 17.2. The monoisotopic (exact) mass is 490 g/mol. The Morgan fingerprint density at radius 3 is 2.43 bits per heavy atom. The second kappa shape index (κ2) is 8.83. The van der Waals surface area contributed by atoms with E-state index in [0.717, 1.165) is 16.5 Å². The fourth-order valence-corrected chi connectivity index (χ4v) is 4.80. The lowest BCUT2D eigenvalue weighted by Crippen LogP contribution is -2.51. The molecule has 4 aromatic rings. The van der Waals surface area contributed by atoms with Crippen LogP contribution in [0.1, 0.15) is 38.3 Å². The van der Waals surface area contributed by atoms with E-state index in [1.807, 2.05) is 54.6 Å². The first-order chi connectivity index (χ1) is 17.1. The summed E-state index contributed by atoms with van der Waals surface area (Å²) in [4.78, 5) is 32.9. The average Bonchev–Trinajstić information content (AvgIpc) is 3.52. The lowest BCUT2D eigenvalue weighted by Gasteiger charge is -2.34. The number of carbonyl (C=O) groups excluding carboxylic acids is 2. The molecule has 1 atom stereocenters. The summed E-state index contributed by atoms with van der Waals surface area (Å²) in [6.07, 6.45) is -0.177. The predicted octanol–water partition coefficient (Wildman–Crippen LogP) is 3.28. The van der Waals surface area contributed by atoms with Crippen molar-refractivity contribution >= 4 is 34.3 Å². The number of nitrogens with zero attached hydrogens (tertiary/aromatic N) is 5. The van der Waals surface area contributed by atoms with Crippen LogP contribution in [0.15, 0.2) is 54.6 Å². The molecule has 0 radical (unpaired) electrons. The van der Waals surface area contributed by atoms with Crippen LogP contribution in [0.2, 0.25) is 5.02 Å². The molecule has 178 valence electrons. The molecule has 0 saturated carbocycles. The number of amides is 2. The molecule has 0 aliphatic carbocycles. The molecule has 1 saturated heterocycles. The normalized spacial score (nSPS) is 18.0. The highest BCUT2D eigenvalue weighted by Gasteiger charge is 2.32. The second-order valence-corrected chi connectivity index (χ2v) is 9.21. The highest BCUT2D eigenvalue weighted by atomic mass is 35.5. The van der Waals surface area contributed by atoms with Crippen molar-refractivity contribution < 1.29 is 14.3 Å². The second-order valence-electron chi connectivity index (χ2n) is 8.77. The molecular formula is C25H23ClN6O3. The van der Waals surface area contributed by atoms with Gasteiger partial charge in [0, 0.05) is 42.1 Å². The van der Waals surface area contributed by atoms with Crippen LogP contribution in [-0.2, 0) is 17.9 Å². The summed E-state index contributed by atoms with van der Waals surface area (Å²) < 4.78 is 7.76. The Morgan fingerprint density at radius 1 is 0.971 bits per heavy atom. The van der Waals surface area contributed by atoms with E-state index in [9.17, 15) is 9.59 Å².